The molecule has 0 fully saturated rings. The molecule has 0 aliphatic rings. The van der Waals surface area contributed by atoms with E-state index in [1.54, 1.807) is 18.2 Å². The fourth-order valence-electron chi connectivity index (χ4n) is 1.51. The van der Waals surface area contributed by atoms with Crippen molar-refractivity contribution in [2.24, 2.45) is 0 Å². The van der Waals surface area contributed by atoms with Crippen LogP contribution in [-0.2, 0) is 10.7 Å². The normalized spacial score (nSPS) is 10.5. The number of hydrogen-bond donors (Lipinski definition) is 0. The second-order valence-electron chi connectivity index (χ2n) is 3.71. The van der Waals surface area contributed by atoms with Crippen LogP contribution < -0.4 is 4.90 Å². The van der Waals surface area contributed by atoms with Gasteiger partial charge in [-0.25, -0.2) is 4.98 Å². The fraction of sp³-hybridized carbons (Fsp3) is 0.167. The molecule has 100 valence electrons. The number of rotatable bonds is 3. The van der Waals surface area contributed by atoms with Crippen molar-refractivity contribution in [1.29, 1.82) is 0 Å². The minimum Gasteiger partial charge on any atom is -0.274 e. The minimum absolute atomic E-state index is 0.158. The topological polar surface area (TPSA) is 33.2 Å². The molecule has 19 heavy (non-hydrogen) atoms. The van der Waals surface area contributed by atoms with Gasteiger partial charge in [-0.2, -0.15) is 0 Å². The van der Waals surface area contributed by atoms with Crippen LogP contribution in [0.2, 0.25) is 10.0 Å². The number of benzene rings is 1. The van der Waals surface area contributed by atoms with Gasteiger partial charge in [-0.05, 0) is 18.2 Å². The van der Waals surface area contributed by atoms with E-state index in [0.29, 0.717) is 26.7 Å². The van der Waals surface area contributed by atoms with Gasteiger partial charge in [-0.1, -0.05) is 23.2 Å². The van der Waals surface area contributed by atoms with Crippen LogP contribution in [0.1, 0.15) is 12.6 Å². The zero-order valence-electron chi connectivity index (χ0n) is 9.86. The predicted molar refractivity (Wildman–Crippen MR) is 81.0 cm³/mol. The fourth-order valence-corrected chi connectivity index (χ4v) is 2.92. The second-order valence-corrected chi connectivity index (χ2v) is 5.63. The van der Waals surface area contributed by atoms with Crippen molar-refractivity contribution in [3.05, 3.63) is 39.3 Å². The molecule has 1 heterocycles. The first-order valence-electron chi connectivity index (χ1n) is 5.29. The molecule has 7 heteroatoms. The van der Waals surface area contributed by atoms with Crippen molar-refractivity contribution >= 4 is 62.9 Å². The molecule has 2 rings (SSSR count). The number of halogens is 3. The van der Waals surface area contributed by atoms with Crippen molar-refractivity contribution in [2.75, 3.05) is 4.90 Å². The van der Waals surface area contributed by atoms with E-state index >= 15 is 0 Å². The van der Waals surface area contributed by atoms with Gasteiger partial charge in [0.25, 0.3) is 0 Å². The molecule has 0 N–H and O–H groups in total. The highest BCUT2D eigenvalue weighted by molar-refractivity contribution is 7.14. The van der Waals surface area contributed by atoms with Gasteiger partial charge in [0.05, 0.1) is 27.3 Å². The lowest BCUT2D eigenvalue weighted by Crippen LogP contribution is -2.22. The Kier molecular flexibility index (Phi) is 4.68. The van der Waals surface area contributed by atoms with Crippen LogP contribution in [0.3, 0.4) is 0 Å². The molecule has 0 saturated heterocycles. The molecule has 1 amide bonds. The Balaban J connectivity index is 2.45. The van der Waals surface area contributed by atoms with E-state index in [2.05, 4.69) is 4.98 Å². The lowest BCUT2D eigenvalue weighted by molar-refractivity contribution is -0.115. The summed E-state index contributed by atoms with van der Waals surface area (Å²) < 4.78 is 0. The largest absolute Gasteiger partial charge is 0.274 e. The Morgan fingerprint density at radius 3 is 2.63 bits per heavy atom. The molecule has 1 aromatic heterocycles. The maximum atomic E-state index is 11.8. The molecular formula is C12H9Cl3N2OS. The third-order valence-electron chi connectivity index (χ3n) is 2.34. The van der Waals surface area contributed by atoms with Crippen LogP contribution in [-0.4, -0.2) is 10.9 Å². The van der Waals surface area contributed by atoms with E-state index < -0.39 is 0 Å². The molecule has 0 saturated carbocycles. The molecule has 0 bridgehead atoms. The summed E-state index contributed by atoms with van der Waals surface area (Å²) in [5, 5.41) is 3.20. The first-order valence-corrected chi connectivity index (χ1v) is 7.46. The summed E-state index contributed by atoms with van der Waals surface area (Å²) in [6.07, 6.45) is 0. The Morgan fingerprint density at radius 1 is 1.37 bits per heavy atom. The number of carbonyl (C=O) groups is 1. The molecule has 0 radical (unpaired) electrons. The van der Waals surface area contributed by atoms with Crippen LogP contribution in [0.5, 0.6) is 0 Å². The average molecular weight is 336 g/mol. The van der Waals surface area contributed by atoms with Crippen LogP contribution in [0, 0.1) is 0 Å². The first kappa shape index (κ1) is 14.6. The summed E-state index contributed by atoms with van der Waals surface area (Å²) in [4.78, 5) is 17.6. The van der Waals surface area contributed by atoms with Gasteiger partial charge in [-0.15, -0.1) is 22.9 Å². The van der Waals surface area contributed by atoms with Gasteiger partial charge < -0.3 is 0 Å². The monoisotopic (exact) mass is 334 g/mol. The number of alkyl halides is 1. The number of nitrogens with zero attached hydrogens (tertiary/aromatic N) is 2. The Labute approximate surface area is 129 Å². The number of thiazole rings is 1. The maximum Gasteiger partial charge on any atom is 0.230 e. The second kappa shape index (κ2) is 6.09. The van der Waals surface area contributed by atoms with E-state index in [0.717, 1.165) is 5.69 Å². The number of hydrogen-bond acceptors (Lipinski definition) is 3. The van der Waals surface area contributed by atoms with E-state index in [1.807, 2.05) is 5.38 Å². The lowest BCUT2D eigenvalue weighted by Gasteiger charge is -2.18. The van der Waals surface area contributed by atoms with Crippen LogP contribution in [0.15, 0.2) is 23.6 Å². The molecule has 0 atom stereocenters. The first-order chi connectivity index (χ1) is 9.02. The molecule has 0 aliphatic carbocycles. The summed E-state index contributed by atoms with van der Waals surface area (Å²) in [5.41, 5.74) is 1.35. The van der Waals surface area contributed by atoms with Gasteiger partial charge in [0, 0.05) is 12.3 Å². The Hall–Kier alpha value is -0.810. The van der Waals surface area contributed by atoms with Gasteiger partial charge in [-0.3, -0.25) is 9.69 Å². The highest BCUT2D eigenvalue weighted by Crippen LogP contribution is 2.33. The van der Waals surface area contributed by atoms with Crippen molar-refractivity contribution in [3.63, 3.8) is 0 Å². The molecule has 0 unspecified atom stereocenters. The van der Waals surface area contributed by atoms with Crippen molar-refractivity contribution in [1.82, 2.24) is 4.98 Å². The predicted octanol–water partition coefficient (Wildman–Crippen LogP) is 4.87. The molecule has 2 aromatic rings. The molecular weight excluding hydrogens is 327 g/mol. The summed E-state index contributed by atoms with van der Waals surface area (Å²) in [5.74, 6) is 0.151. The van der Waals surface area contributed by atoms with Crippen LogP contribution >= 0.6 is 46.1 Å². The maximum absolute atomic E-state index is 11.8. The molecule has 1 aromatic carbocycles. The molecule has 0 spiro atoms. The number of aromatic nitrogens is 1. The number of carbonyl (C=O) groups excluding carboxylic acids is 1. The van der Waals surface area contributed by atoms with E-state index in [1.165, 1.54) is 23.2 Å². The quantitative estimate of drug-likeness (QED) is 0.749. The van der Waals surface area contributed by atoms with E-state index in [9.17, 15) is 4.79 Å². The van der Waals surface area contributed by atoms with Crippen molar-refractivity contribution in [3.8, 4) is 0 Å². The van der Waals surface area contributed by atoms with Crippen LogP contribution in [0.25, 0.3) is 0 Å². The summed E-state index contributed by atoms with van der Waals surface area (Å²) in [6.45, 7) is 1.46. The summed E-state index contributed by atoms with van der Waals surface area (Å²) in [7, 11) is 0. The summed E-state index contributed by atoms with van der Waals surface area (Å²) >= 11 is 18.9. The zero-order valence-corrected chi connectivity index (χ0v) is 12.9. The SMILES string of the molecule is CC(=O)N(c1ccc(Cl)c(Cl)c1)c1nc(CCl)cs1. The van der Waals surface area contributed by atoms with Gasteiger partial charge in [0.15, 0.2) is 5.13 Å². The van der Waals surface area contributed by atoms with E-state index in [4.69, 9.17) is 34.8 Å². The Bertz CT molecular complexity index is 615. The third-order valence-corrected chi connectivity index (χ3v) is 4.23. The molecule has 3 nitrogen and oxygen atoms in total. The summed E-state index contributed by atoms with van der Waals surface area (Å²) in [6, 6.07) is 5.00. The van der Waals surface area contributed by atoms with Gasteiger partial charge in [0.1, 0.15) is 0 Å². The standard InChI is InChI=1S/C12H9Cl3N2OS/c1-7(18)17(12-16-8(5-13)6-19-12)9-2-3-10(14)11(15)4-9/h2-4,6H,5H2,1H3. The lowest BCUT2D eigenvalue weighted by atomic mass is 10.3. The van der Waals surface area contributed by atoms with Gasteiger partial charge >= 0.3 is 0 Å². The van der Waals surface area contributed by atoms with Crippen LogP contribution in [0.4, 0.5) is 10.8 Å². The number of anilines is 2. The van der Waals surface area contributed by atoms with E-state index in [-0.39, 0.29) is 5.91 Å². The highest BCUT2D eigenvalue weighted by atomic mass is 35.5. The Morgan fingerprint density at radius 2 is 2.11 bits per heavy atom. The van der Waals surface area contributed by atoms with Crippen molar-refractivity contribution in [2.45, 2.75) is 12.8 Å². The third kappa shape index (κ3) is 3.20. The highest BCUT2D eigenvalue weighted by Gasteiger charge is 2.18. The minimum atomic E-state index is -0.158. The van der Waals surface area contributed by atoms with Crippen molar-refractivity contribution < 1.29 is 4.79 Å². The molecule has 0 aliphatic heterocycles. The average Bonchev–Trinajstić information content (AvgIpc) is 2.82. The number of amides is 1. The van der Waals surface area contributed by atoms with Gasteiger partial charge in [0.2, 0.25) is 5.91 Å². The smallest absolute Gasteiger partial charge is 0.230 e. The zero-order chi connectivity index (χ0) is 14.0.